The smallest absolute Gasteiger partial charge is 0.306 e. The number of carbonyl (C=O) groups excluding carboxylic acids is 1. The van der Waals surface area contributed by atoms with Gasteiger partial charge in [0.25, 0.3) is 0 Å². The molecule has 0 N–H and O–H groups in total. The van der Waals surface area contributed by atoms with Crippen molar-refractivity contribution >= 4 is 5.97 Å². The number of unbranched alkanes of at least 4 members (excludes halogenated alkanes) is 7. The van der Waals surface area contributed by atoms with Crippen molar-refractivity contribution in [2.24, 2.45) is 0 Å². The maximum atomic E-state index is 11.5. The van der Waals surface area contributed by atoms with Crippen LogP contribution in [0.5, 0.6) is 0 Å². The average Bonchev–Trinajstić information content (AvgIpc) is 2.35. The highest BCUT2D eigenvalue weighted by molar-refractivity contribution is 5.69. The number of carbonyl (C=O) groups is 1. The summed E-state index contributed by atoms with van der Waals surface area (Å²) in [6, 6.07) is 0. The molecule has 0 unspecified atom stereocenters. The molecule has 1 atom stereocenters. The Labute approximate surface area is 113 Å². The molecule has 0 spiro atoms. The fraction of sp³-hybridized carbons (Fsp3) is 0.938. The van der Waals surface area contributed by atoms with E-state index < -0.39 is 0 Å². The highest BCUT2D eigenvalue weighted by Crippen LogP contribution is 2.10. The molecular formula is C16H32O2. The van der Waals surface area contributed by atoms with E-state index in [9.17, 15) is 4.79 Å². The minimum atomic E-state index is -0.00726. The first kappa shape index (κ1) is 17.5. The Morgan fingerprint density at radius 2 is 1.44 bits per heavy atom. The van der Waals surface area contributed by atoms with Crippen LogP contribution in [-0.4, -0.2) is 12.1 Å². The Bertz CT molecular complexity index is 190. The van der Waals surface area contributed by atoms with Gasteiger partial charge in [0.05, 0.1) is 6.10 Å². The molecule has 0 fully saturated rings. The highest BCUT2D eigenvalue weighted by atomic mass is 16.5. The van der Waals surface area contributed by atoms with Crippen LogP contribution < -0.4 is 0 Å². The average molecular weight is 256 g/mol. The Hall–Kier alpha value is -0.530. The third-order valence-corrected chi connectivity index (χ3v) is 3.28. The predicted molar refractivity (Wildman–Crippen MR) is 77.7 cm³/mol. The lowest BCUT2D eigenvalue weighted by molar-refractivity contribution is -0.148. The number of ether oxygens (including phenoxy) is 1. The lowest BCUT2D eigenvalue weighted by Gasteiger charge is -2.12. The van der Waals surface area contributed by atoms with Crippen molar-refractivity contribution in [2.45, 2.75) is 97.5 Å². The monoisotopic (exact) mass is 256 g/mol. The second-order valence-corrected chi connectivity index (χ2v) is 5.31. The van der Waals surface area contributed by atoms with Gasteiger partial charge in [0.15, 0.2) is 0 Å². The molecule has 108 valence electrons. The van der Waals surface area contributed by atoms with Crippen LogP contribution in [0, 0.1) is 0 Å². The second kappa shape index (κ2) is 12.9. The molecule has 0 aliphatic heterocycles. The van der Waals surface area contributed by atoms with E-state index in [2.05, 4.69) is 13.8 Å². The molecule has 0 saturated carbocycles. The highest BCUT2D eigenvalue weighted by Gasteiger charge is 2.08. The second-order valence-electron chi connectivity index (χ2n) is 5.31. The lowest BCUT2D eigenvalue weighted by atomic mass is 10.1. The van der Waals surface area contributed by atoms with Gasteiger partial charge in [-0.05, 0) is 19.8 Å². The van der Waals surface area contributed by atoms with E-state index in [1.807, 2.05) is 6.92 Å². The SMILES string of the molecule is CCCCCCCCCC(=O)O[C@@H](C)CCCC. The molecule has 0 bridgehead atoms. The molecule has 18 heavy (non-hydrogen) atoms. The first-order valence-corrected chi connectivity index (χ1v) is 7.90. The summed E-state index contributed by atoms with van der Waals surface area (Å²) < 4.78 is 5.36. The van der Waals surface area contributed by atoms with E-state index in [-0.39, 0.29) is 12.1 Å². The van der Waals surface area contributed by atoms with Crippen LogP contribution in [0.4, 0.5) is 0 Å². The van der Waals surface area contributed by atoms with Crippen molar-refractivity contribution in [2.75, 3.05) is 0 Å². The molecule has 0 saturated heterocycles. The van der Waals surface area contributed by atoms with E-state index >= 15 is 0 Å². The topological polar surface area (TPSA) is 26.3 Å². The van der Waals surface area contributed by atoms with E-state index in [4.69, 9.17) is 4.74 Å². The van der Waals surface area contributed by atoms with Crippen molar-refractivity contribution in [3.63, 3.8) is 0 Å². The number of hydrogen-bond donors (Lipinski definition) is 0. The van der Waals surface area contributed by atoms with Crippen LogP contribution in [0.2, 0.25) is 0 Å². The van der Waals surface area contributed by atoms with Gasteiger partial charge in [-0.2, -0.15) is 0 Å². The van der Waals surface area contributed by atoms with Crippen molar-refractivity contribution in [3.05, 3.63) is 0 Å². The molecule has 0 aromatic rings. The standard InChI is InChI=1S/C16H32O2/c1-4-6-8-9-10-11-12-14-16(17)18-15(3)13-7-5-2/h15H,4-14H2,1-3H3/t15-/m0/s1. The van der Waals surface area contributed by atoms with Crippen LogP contribution in [-0.2, 0) is 9.53 Å². The fourth-order valence-electron chi connectivity index (χ4n) is 2.06. The molecule has 0 aliphatic carbocycles. The third-order valence-electron chi connectivity index (χ3n) is 3.28. The van der Waals surface area contributed by atoms with E-state index in [1.165, 1.54) is 44.9 Å². The molecule has 0 aromatic heterocycles. The first-order chi connectivity index (χ1) is 8.70. The van der Waals surface area contributed by atoms with Crippen LogP contribution in [0.1, 0.15) is 91.4 Å². The Balaban J connectivity index is 3.31. The van der Waals surface area contributed by atoms with E-state index in [0.717, 1.165) is 19.3 Å². The predicted octanol–water partition coefficient (Wildman–Crippen LogP) is 5.25. The van der Waals surface area contributed by atoms with Crippen molar-refractivity contribution < 1.29 is 9.53 Å². The van der Waals surface area contributed by atoms with Gasteiger partial charge in [-0.25, -0.2) is 0 Å². The zero-order valence-electron chi connectivity index (χ0n) is 12.7. The van der Waals surface area contributed by atoms with Crippen molar-refractivity contribution in [1.82, 2.24) is 0 Å². The maximum absolute atomic E-state index is 11.5. The van der Waals surface area contributed by atoms with Gasteiger partial charge >= 0.3 is 5.97 Å². The summed E-state index contributed by atoms with van der Waals surface area (Å²) in [6.07, 6.45) is 12.7. The summed E-state index contributed by atoms with van der Waals surface area (Å²) in [4.78, 5) is 11.5. The molecule has 0 aliphatic rings. The van der Waals surface area contributed by atoms with E-state index in [0.29, 0.717) is 6.42 Å². The number of esters is 1. The third kappa shape index (κ3) is 11.9. The molecule has 0 amide bonds. The largest absolute Gasteiger partial charge is 0.463 e. The minimum Gasteiger partial charge on any atom is -0.463 e. The number of rotatable bonds is 12. The summed E-state index contributed by atoms with van der Waals surface area (Å²) in [5, 5.41) is 0. The summed E-state index contributed by atoms with van der Waals surface area (Å²) in [5.41, 5.74) is 0. The van der Waals surface area contributed by atoms with Crippen LogP contribution in [0.25, 0.3) is 0 Å². The summed E-state index contributed by atoms with van der Waals surface area (Å²) in [5.74, 6) is -0.00726. The maximum Gasteiger partial charge on any atom is 0.306 e. The first-order valence-electron chi connectivity index (χ1n) is 7.90. The van der Waals surface area contributed by atoms with Crippen LogP contribution >= 0.6 is 0 Å². The van der Waals surface area contributed by atoms with Crippen LogP contribution in [0.3, 0.4) is 0 Å². The molecular weight excluding hydrogens is 224 g/mol. The lowest BCUT2D eigenvalue weighted by Crippen LogP contribution is -2.14. The van der Waals surface area contributed by atoms with Crippen molar-refractivity contribution in [1.29, 1.82) is 0 Å². The molecule has 0 rings (SSSR count). The van der Waals surface area contributed by atoms with Crippen molar-refractivity contribution in [3.8, 4) is 0 Å². The molecule has 0 aromatic carbocycles. The van der Waals surface area contributed by atoms with Gasteiger partial charge < -0.3 is 4.74 Å². The Kier molecular flexibility index (Phi) is 12.5. The minimum absolute atomic E-state index is 0.00726. The normalized spacial score (nSPS) is 12.4. The van der Waals surface area contributed by atoms with Gasteiger partial charge in [0, 0.05) is 6.42 Å². The van der Waals surface area contributed by atoms with Gasteiger partial charge in [0.1, 0.15) is 0 Å². The molecule has 2 heteroatoms. The number of hydrogen-bond acceptors (Lipinski definition) is 2. The molecule has 2 nitrogen and oxygen atoms in total. The zero-order chi connectivity index (χ0) is 13.6. The van der Waals surface area contributed by atoms with Gasteiger partial charge in [-0.3, -0.25) is 4.79 Å². The van der Waals surface area contributed by atoms with Gasteiger partial charge in [-0.15, -0.1) is 0 Å². The van der Waals surface area contributed by atoms with E-state index in [1.54, 1.807) is 0 Å². The molecule has 0 radical (unpaired) electrons. The zero-order valence-corrected chi connectivity index (χ0v) is 12.7. The van der Waals surface area contributed by atoms with Crippen LogP contribution in [0.15, 0.2) is 0 Å². The van der Waals surface area contributed by atoms with Gasteiger partial charge in [-0.1, -0.05) is 65.2 Å². The Morgan fingerprint density at radius 1 is 0.889 bits per heavy atom. The summed E-state index contributed by atoms with van der Waals surface area (Å²) in [7, 11) is 0. The quantitative estimate of drug-likeness (QED) is 0.352. The Morgan fingerprint density at radius 3 is 2.06 bits per heavy atom. The fourth-order valence-corrected chi connectivity index (χ4v) is 2.06. The molecule has 0 heterocycles. The summed E-state index contributed by atoms with van der Waals surface area (Å²) >= 11 is 0. The van der Waals surface area contributed by atoms with Gasteiger partial charge in [0.2, 0.25) is 0 Å². The summed E-state index contributed by atoms with van der Waals surface area (Å²) in [6.45, 7) is 6.39.